The Labute approximate surface area is 220 Å². The summed E-state index contributed by atoms with van der Waals surface area (Å²) in [5, 5.41) is 13.7. The quantitative estimate of drug-likeness (QED) is 0.528. The van der Waals surface area contributed by atoms with Gasteiger partial charge in [0.1, 0.15) is 16.4 Å². The summed E-state index contributed by atoms with van der Waals surface area (Å²) >= 11 is 7.90. The van der Waals surface area contributed by atoms with Crippen molar-refractivity contribution in [2.45, 2.75) is 39.7 Å². The number of hydrogen-bond acceptors (Lipinski definition) is 7. The number of aliphatic imine (C=N–C) groups is 1. The highest BCUT2D eigenvalue weighted by molar-refractivity contribution is 7.15. The molecule has 3 aromatic rings. The molecule has 2 aliphatic rings. The number of amides is 1. The fourth-order valence-corrected chi connectivity index (χ4v) is 6.17. The van der Waals surface area contributed by atoms with E-state index in [4.69, 9.17) is 21.3 Å². The van der Waals surface area contributed by atoms with Gasteiger partial charge in [0, 0.05) is 47.2 Å². The monoisotopic (exact) mass is 526 g/mol. The summed E-state index contributed by atoms with van der Waals surface area (Å²) in [6.07, 6.45) is 0.165. The largest absolute Gasteiger partial charge is 0.379 e. The minimum Gasteiger partial charge on any atom is -0.379 e. The van der Waals surface area contributed by atoms with Crippen molar-refractivity contribution in [2.75, 3.05) is 39.4 Å². The maximum atomic E-state index is 13.2. The number of nitrogens with zero attached hydrogens (tertiary/aromatic N) is 5. The number of carbonyl (C=O) groups excluding carboxylic acids is 1. The Balaban J connectivity index is 1.52. The molecule has 1 atom stereocenters. The Morgan fingerprint density at radius 3 is 2.61 bits per heavy atom. The van der Waals surface area contributed by atoms with Crippen LogP contribution in [0.15, 0.2) is 29.3 Å². The van der Waals surface area contributed by atoms with E-state index in [9.17, 15) is 4.79 Å². The lowest BCUT2D eigenvalue weighted by Gasteiger charge is -2.27. The van der Waals surface area contributed by atoms with Crippen molar-refractivity contribution in [1.82, 2.24) is 25.0 Å². The fraction of sp³-hybridized carbons (Fsp3) is 0.462. The first-order chi connectivity index (χ1) is 17.3. The van der Waals surface area contributed by atoms with E-state index >= 15 is 0 Å². The van der Waals surface area contributed by atoms with E-state index in [1.807, 2.05) is 38.1 Å². The van der Waals surface area contributed by atoms with Crippen molar-refractivity contribution < 1.29 is 9.53 Å². The van der Waals surface area contributed by atoms with Crippen LogP contribution in [0, 0.1) is 20.8 Å². The molecule has 0 spiro atoms. The smallest absolute Gasteiger partial charge is 0.222 e. The van der Waals surface area contributed by atoms with Gasteiger partial charge in [0.2, 0.25) is 5.91 Å². The molecule has 0 saturated carbocycles. The number of hydrogen-bond donors (Lipinski definition) is 1. The van der Waals surface area contributed by atoms with Gasteiger partial charge in [-0.2, -0.15) is 0 Å². The first kappa shape index (κ1) is 25.1. The number of ether oxygens (including phenoxy) is 1. The molecule has 0 bridgehead atoms. The maximum Gasteiger partial charge on any atom is 0.222 e. The van der Waals surface area contributed by atoms with Crippen molar-refractivity contribution in [3.63, 3.8) is 0 Å². The van der Waals surface area contributed by atoms with Gasteiger partial charge in [0.05, 0.1) is 25.3 Å². The van der Waals surface area contributed by atoms with E-state index in [2.05, 4.69) is 38.8 Å². The Morgan fingerprint density at radius 1 is 1.17 bits per heavy atom. The number of rotatable bonds is 6. The standard InChI is InChI=1S/C26H31ClN6O2S/c1-16-17(2)36-24-22(16)23(19-5-7-20(27)8-6-19)29-26(4,25-31-30-18(3)33(24)25)15-21(34)28-9-10-32-11-13-35-14-12-32/h5-8H,9-15H2,1-4H3,(H,28,34)/t26-/m0/s1. The number of carbonyl (C=O) groups is 1. The molecule has 36 heavy (non-hydrogen) atoms. The van der Waals surface area contributed by atoms with E-state index in [-0.39, 0.29) is 12.3 Å². The molecule has 1 amide bonds. The number of aromatic nitrogens is 3. The molecule has 0 aliphatic carbocycles. The molecule has 0 radical (unpaired) electrons. The molecule has 10 heteroatoms. The SMILES string of the molecule is Cc1sc2c(c1C)C(c1ccc(Cl)cc1)=N[C@@](C)(CC(=O)NCCN1CCOCC1)c1nnc(C)n1-2. The predicted octanol–water partition coefficient (Wildman–Crippen LogP) is 3.81. The van der Waals surface area contributed by atoms with Gasteiger partial charge in [-0.25, -0.2) is 0 Å². The van der Waals surface area contributed by atoms with Gasteiger partial charge in [-0.3, -0.25) is 19.3 Å². The molecule has 1 fully saturated rings. The zero-order valence-corrected chi connectivity index (χ0v) is 22.7. The number of morpholine rings is 1. The summed E-state index contributed by atoms with van der Waals surface area (Å²) in [5.41, 5.74) is 3.12. The number of fused-ring (bicyclic) bond motifs is 3. The highest BCUT2D eigenvalue weighted by atomic mass is 35.5. The van der Waals surface area contributed by atoms with Crippen molar-refractivity contribution in [3.05, 3.63) is 62.5 Å². The Hall–Kier alpha value is -2.59. The van der Waals surface area contributed by atoms with Crippen LogP contribution < -0.4 is 5.32 Å². The third-order valence-electron chi connectivity index (χ3n) is 6.95. The second-order valence-corrected chi connectivity index (χ2v) is 11.2. The van der Waals surface area contributed by atoms with Crippen LogP contribution in [-0.4, -0.2) is 70.7 Å². The van der Waals surface area contributed by atoms with Crippen LogP contribution in [0.1, 0.15) is 46.6 Å². The van der Waals surface area contributed by atoms with Gasteiger partial charge < -0.3 is 10.1 Å². The van der Waals surface area contributed by atoms with Gasteiger partial charge >= 0.3 is 0 Å². The third kappa shape index (κ3) is 4.72. The van der Waals surface area contributed by atoms with Crippen LogP contribution in [0.5, 0.6) is 0 Å². The lowest BCUT2D eigenvalue weighted by molar-refractivity contribution is -0.122. The second kappa shape index (κ2) is 10.0. The molecule has 5 rings (SSSR count). The predicted molar refractivity (Wildman–Crippen MR) is 143 cm³/mol. The van der Waals surface area contributed by atoms with Crippen molar-refractivity contribution >= 4 is 34.6 Å². The number of thiophene rings is 1. The molecule has 4 heterocycles. The summed E-state index contributed by atoms with van der Waals surface area (Å²) in [6.45, 7) is 12.8. The van der Waals surface area contributed by atoms with E-state index in [0.717, 1.165) is 60.5 Å². The highest BCUT2D eigenvalue weighted by Gasteiger charge is 2.40. The number of halogens is 1. The lowest BCUT2D eigenvalue weighted by atomic mass is 9.95. The van der Waals surface area contributed by atoms with E-state index < -0.39 is 5.54 Å². The van der Waals surface area contributed by atoms with Crippen molar-refractivity contribution in [1.29, 1.82) is 0 Å². The van der Waals surface area contributed by atoms with Crippen LogP contribution in [-0.2, 0) is 15.1 Å². The molecular weight excluding hydrogens is 496 g/mol. The van der Waals surface area contributed by atoms with Gasteiger partial charge in [-0.15, -0.1) is 21.5 Å². The number of nitrogens with one attached hydrogen (secondary N) is 1. The number of benzene rings is 1. The van der Waals surface area contributed by atoms with Crippen molar-refractivity contribution in [2.24, 2.45) is 4.99 Å². The van der Waals surface area contributed by atoms with Gasteiger partial charge in [-0.1, -0.05) is 23.7 Å². The minimum atomic E-state index is -0.904. The van der Waals surface area contributed by atoms with Gasteiger partial charge in [0.25, 0.3) is 0 Å². The molecule has 190 valence electrons. The summed E-state index contributed by atoms with van der Waals surface area (Å²) in [7, 11) is 0. The molecule has 8 nitrogen and oxygen atoms in total. The molecule has 1 aromatic carbocycles. The summed E-state index contributed by atoms with van der Waals surface area (Å²) < 4.78 is 7.49. The Bertz CT molecular complexity index is 1310. The average Bonchev–Trinajstić information content (AvgIpc) is 3.35. The third-order valence-corrected chi connectivity index (χ3v) is 8.39. The van der Waals surface area contributed by atoms with Crippen molar-refractivity contribution in [3.8, 4) is 5.00 Å². The zero-order valence-electron chi connectivity index (χ0n) is 21.1. The molecule has 2 aromatic heterocycles. The zero-order chi connectivity index (χ0) is 25.4. The Kier molecular flexibility index (Phi) is 7.00. The van der Waals surface area contributed by atoms with Crippen LogP contribution in [0.25, 0.3) is 5.00 Å². The van der Waals surface area contributed by atoms with E-state index in [1.165, 1.54) is 10.4 Å². The molecular formula is C26H31ClN6O2S. The Morgan fingerprint density at radius 2 is 1.89 bits per heavy atom. The van der Waals surface area contributed by atoms with Crippen LogP contribution >= 0.6 is 22.9 Å². The molecule has 0 unspecified atom stereocenters. The van der Waals surface area contributed by atoms with Crippen LogP contribution in [0.3, 0.4) is 0 Å². The van der Waals surface area contributed by atoms with E-state index in [0.29, 0.717) is 17.4 Å². The fourth-order valence-electron chi connectivity index (χ4n) is 4.84. The number of aryl methyl sites for hydroxylation is 2. The summed E-state index contributed by atoms with van der Waals surface area (Å²) in [5.74, 6) is 1.39. The normalized spacial score (nSPS) is 19.9. The summed E-state index contributed by atoms with van der Waals surface area (Å²) in [4.78, 5) is 22.0. The second-order valence-electron chi connectivity index (χ2n) is 9.59. The van der Waals surface area contributed by atoms with Gasteiger partial charge in [0.15, 0.2) is 5.82 Å². The summed E-state index contributed by atoms with van der Waals surface area (Å²) in [6, 6.07) is 7.72. The first-order valence-corrected chi connectivity index (χ1v) is 13.4. The molecule has 1 N–H and O–H groups in total. The van der Waals surface area contributed by atoms with E-state index in [1.54, 1.807) is 11.3 Å². The highest BCUT2D eigenvalue weighted by Crippen LogP contribution is 2.42. The topological polar surface area (TPSA) is 84.6 Å². The first-order valence-electron chi connectivity index (χ1n) is 12.2. The van der Waals surface area contributed by atoms with Crippen LogP contribution in [0.4, 0.5) is 0 Å². The molecule has 2 aliphatic heterocycles. The van der Waals surface area contributed by atoms with Crippen LogP contribution in [0.2, 0.25) is 5.02 Å². The maximum absolute atomic E-state index is 13.2. The minimum absolute atomic E-state index is 0.0599. The van der Waals surface area contributed by atoms with Gasteiger partial charge in [-0.05, 0) is 45.4 Å². The average molecular weight is 527 g/mol. The molecule has 1 saturated heterocycles. The lowest BCUT2D eigenvalue weighted by Crippen LogP contribution is -2.42.